The average molecular weight is 530 g/mol. The summed E-state index contributed by atoms with van der Waals surface area (Å²) in [5.41, 5.74) is 5.33. The fraction of sp³-hybridized carbons (Fsp3) is 0.214. The highest BCUT2D eigenvalue weighted by molar-refractivity contribution is 6.34. The molecule has 0 bridgehead atoms. The van der Waals surface area contributed by atoms with Gasteiger partial charge in [0.2, 0.25) is 0 Å². The number of fused-ring (bicyclic) bond motifs is 4. The number of carbonyl (C=O) groups excluding carboxylic acids is 1. The fourth-order valence-electron chi connectivity index (χ4n) is 5.26. The van der Waals surface area contributed by atoms with E-state index in [-0.39, 0.29) is 22.2 Å². The van der Waals surface area contributed by atoms with Gasteiger partial charge >= 0.3 is 5.97 Å². The van der Waals surface area contributed by atoms with Gasteiger partial charge in [0.1, 0.15) is 17.6 Å². The van der Waals surface area contributed by atoms with Gasteiger partial charge in [-0.3, -0.25) is 9.36 Å². The van der Waals surface area contributed by atoms with Crippen LogP contribution in [0.3, 0.4) is 0 Å². The number of pyridine rings is 1. The Balaban J connectivity index is 1.28. The summed E-state index contributed by atoms with van der Waals surface area (Å²) in [4.78, 5) is 29.1. The van der Waals surface area contributed by atoms with Gasteiger partial charge in [-0.1, -0.05) is 11.6 Å². The summed E-state index contributed by atoms with van der Waals surface area (Å²) >= 11 is 6.58. The second-order valence-electron chi connectivity index (χ2n) is 10.0. The molecule has 2 aromatic carbocycles. The zero-order valence-electron chi connectivity index (χ0n) is 20.7. The molecule has 0 spiro atoms. The Kier molecular flexibility index (Phi) is 5.43. The second-order valence-corrected chi connectivity index (χ2v) is 10.4. The first-order chi connectivity index (χ1) is 18.1. The van der Waals surface area contributed by atoms with Crippen molar-refractivity contribution in [2.75, 3.05) is 0 Å². The third-order valence-electron chi connectivity index (χ3n) is 7.29. The molecule has 0 unspecified atom stereocenters. The number of hydrogen-bond acceptors (Lipinski definition) is 5. The molecule has 1 aliphatic rings. The highest BCUT2D eigenvalue weighted by atomic mass is 35.5. The zero-order chi connectivity index (χ0) is 26.8. The lowest BCUT2D eigenvalue weighted by Crippen LogP contribution is -2.49. The van der Waals surface area contributed by atoms with Crippen LogP contribution in [-0.2, 0) is 12.8 Å². The summed E-state index contributed by atoms with van der Waals surface area (Å²) in [6.07, 6.45) is 3.48. The van der Waals surface area contributed by atoms with Crippen LogP contribution in [-0.4, -0.2) is 46.8 Å². The van der Waals surface area contributed by atoms with Crippen LogP contribution >= 0.6 is 11.6 Å². The standard InChI is InChI=1S/C28H24ClN5O4/c1-15-3-8-24(35)25-19-13-28(2,10-9-21(19)32-34(15)25)31-26(36)18-6-5-17(12-20(18)29)33-14-30-22-7-4-16(27(37)38)11-23(22)33/h3-8,11-12,14,35H,9-10,13H2,1-2H3,(H,31,36)(H,37,38)/t28-/m1/s1. The van der Waals surface area contributed by atoms with E-state index in [1.54, 1.807) is 51.8 Å². The van der Waals surface area contributed by atoms with Gasteiger partial charge < -0.3 is 15.5 Å². The van der Waals surface area contributed by atoms with Gasteiger partial charge in [-0.05, 0) is 81.6 Å². The van der Waals surface area contributed by atoms with Crippen LogP contribution in [0.15, 0.2) is 54.9 Å². The minimum atomic E-state index is -1.03. The van der Waals surface area contributed by atoms with Crippen molar-refractivity contribution in [2.45, 2.75) is 38.6 Å². The van der Waals surface area contributed by atoms with Crippen molar-refractivity contribution >= 4 is 40.0 Å². The summed E-state index contributed by atoms with van der Waals surface area (Å²) in [6, 6.07) is 13.3. The third-order valence-corrected chi connectivity index (χ3v) is 7.60. The van der Waals surface area contributed by atoms with Gasteiger partial charge in [0.05, 0.1) is 32.9 Å². The summed E-state index contributed by atoms with van der Waals surface area (Å²) < 4.78 is 3.50. The van der Waals surface area contributed by atoms with Gasteiger partial charge in [-0.2, -0.15) is 5.10 Å². The quantitative estimate of drug-likeness (QED) is 0.310. The Morgan fingerprint density at radius 2 is 1.95 bits per heavy atom. The molecule has 1 aliphatic carbocycles. The first-order valence-electron chi connectivity index (χ1n) is 12.2. The van der Waals surface area contributed by atoms with E-state index in [2.05, 4.69) is 15.4 Å². The Hall–Kier alpha value is -4.37. The molecule has 0 radical (unpaired) electrons. The number of nitrogens with zero attached hydrogens (tertiary/aromatic N) is 4. The van der Waals surface area contributed by atoms with E-state index in [9.17, 15) is 19.8 Å². The number of carboxylic acid groups (broad SMARTS) is 1. The van der Waals surface area contributed by atoms with Gasteiger partial charge in [-0.15, -0.1) is 0 Å². The van der Waals surface area contributed by atoms with E-state index in [4.69, 9.17) is 11.6 Å². The van der Waals surface area contributed by atoms with Crippen LogP contribution in [0, 0.1) is 6.92 Å². The van der Waals surface area contributed by atoms with E-state index in [0.717, 1.165) is 17.0 Å². The molecule has 9 nitrogen and oxygen atoms in total. The van der Waals surface area contributed by atoms with Crippen molar-refractivity contribution in [3.63, 3.8) is 0 Å². The van der Waals surface area contributed by atoms with Crippen LogP contribution in [0.4, 0.5) is 0 Å². The number of aromatic carboxylic acids is 1. The minimum Gasteiger partial charge on any atom is -0.506 e. The maximum Gasteiger partial charge on any atom is 0.335 e. The Bertz CT molecular complexity index is 1790. The highest BCUT2D eigenvalue weighted by Crippen LogP contribution is 2.35. The zero-order valence-corrected chi connectivity index (χ0v) is 21.5. The highest BCUT2D eigenvalue weighted by Gasteiger charge is 2.35. The van der Waals surface area contributed by atoms with Crippen LogP contribution in [0.2, 0.25) is 5.02 Å². The lowest BCUT2D eigenvalue weighted by Gasteiger charge is -2.34. The molecule has 10 heteroatoms. The van der Waals surface area contributed by atoms with Crippen LogP contribution in [0.1, 0.15) is 51.0 Å². The number of carboxylic acids is 1. The molecule has 38 heavy (non-hydrogen) atoms. The number of aromatic hydroxyl groups is 1. The molecule has 3 heterocycles. The normalized spacial score (nSPS) is 17.0. The number of nitrogens with one attached hydrogen (secondary N) is 1. The Labute approximate surface area is 222 Å². The van der Waals surface area contributed by atoms with E-state index < -0.39 is 11.5 Å². The Morgan fingerprint density at radius 3 is 2.71 bits per heavy atom. The number of halogens is 1. The largest absolute Gasteiger partial charge is 0.506 e. The molecule has 1 atom stereocenters. The van der Waals surface area contributed by atoms with E-state index in [1.807, 2.05) is 19.9 Å². The lowest BCUT2D eigenvalue weighted by atomic mass is 9.81. The lowest BCUT2D eigenvalue weighted by molar-refractivity contribution is 0.0696. The van der Waals surface area contributed by atoms with E-state index in [0.29, 0.717) is 47.1 Å². The summed E-state index contributed by atoms with van der Waals surface area (Å²) in [6.45, 7) is 3.93. The molecule has 192 valence electrons. The second kappa shape index (κ2) is 8.59. The molecule has 0 saturated heterocycles. The van der Waals surface area contributed by atoms with Crippen molar-refractivity contribution in [1.82, 2.24) is 24.5 Å². The van der Waals surface area contributed by atoms with Gasteiger partial charge in [0.25, 0.3) is 5.91 Å². The number of hydrogen-bond donors (Lipinski definition) is 3. The first kappa shape index (κ1) is 24.0. The predicted octanol–water partition coefficient (Wildman–Crippen LogP) is 4.72. The number of amides is 1. The van der Waals surface area contributed by atoms with Crippen molar-refractivity contribution in [2.24, 2.45) is 0 Å². The molecular formula is C28H24ClN5O4. The summed E-state index contributed by atoms with van der Waals surface area (Å²) in [5.74, 6) is -1.16. The molecule has 5 aromatic rings. The number of rotatable bonds is 4. The molecule has 0 fully saturated rings. The van der Waals surface area contributed by atoms with Crippen LogP contribution in [0.25, 0.3) is 22.2 Å². The van der Waals surface area contributed by atoms with Gasteiger partial charge in [-0.25, -0.2) is 14.3 Å². The van der Waals surface area contributed by atoms with Crippen molar-refractivity contribution < 1.29 is 19.8 Å². The third kappa shape index (κ3) is 3.86. The maximum atomic E-state index is 13.4. The van der Waals surface area contributed by atoms with Gasteiger partial charge in [0.15, 0.2) is 0 Å². The molecule has 3 aromatic heterocycles. The molecule has 3 N–H and O–H groups in total. The van der Waals surface area contributed by atoms with Crippen molar-refractivity contribution in [1.29, 1.82) is 0 Å². The summed E-state index contributed by atoms with van der Waals surface area (Å²) in [5, 5.41) is 28.0. The predicted molar refractivity (Wildman–Crippen MR) is 143 cm³/mol. The number of imidazole rings is 1. The maximum absolute atomic E-state index is 13.4. The smallest absolute Gasteiger partial charge is 0.335 e. The SMILES string of the molecule is Cc1ccc(O)c2c3c(nn12)CC[C@@](C)(NC(=O)c1ccc(-n2cnc4ccc(C(=O)O)cc42)cc1Cl)C3. The van der Waals surface area contributed by atoms with Crippen molar-refractivity contribution in [3.05, 3.63) is 88.0 Å². The average Bonchev–Trinajstić information content (AvgIpc) is 3.47. The molecule has 0 aliphatic heterocycles. The topological polar surface area (TPSA) is 122 Å². The molecule has 1 amide bonds. The monoisotopic (exact) mass is 529 g/mol. The fourth-order valence-corrected chi connectivity index (χ4v) is 5.52. The molecule has 6 rings (SSSR count). The van der Waals surface area contributed by atoms with E-state index >= 15 is 0 Å². The summed E-state index contributed by atoms with van der Waals surface area (Å²) in [7, 11) is 0. The number of benzene rings is 2. The van der Waals surface area contributed by atoms with Crippen LogP contribution in [0.5, 0.6) is 5.75 Å². The van der Waals surface area contributed by atoms with Crippen molar-refractivity contribution in [3.8, 4) is 11.4 Å². The van der Waals surface area contributed by atoms with Gasteiger partial charge in [0, 0.05) is 22.5 Å². The molecular weight excluding hydrogens is 506 g/mol. The molecule has 0 saturated carbocycles. The Morgan fingerprint density at radius 1 is 1.13 bits per heavy atom. The number of aryl methyl sites for hydroxylation is 2. The van der Waals surface area contributed by atoms with Crippen LogP contribution < -0.4 is 5.32 Å². The number of carbonyl (C=O) groups is 2. The number of aromatic nitrogens is 4. The minimum absolute atomic E-state index is 0.153. The first-order valence-corrected chi connectivity index (χ1v) is 12.5. The van der Waals surface area contributed by atoms with E-state index in [1.165, 1.54) is 6.07 Å².